The van der Waals surface area contributed by atoms with Gasteiger partial charge in [-0.25, -0.2) is 9.37 Å². The summed E-state index contributed by atoms with van der Waals surface area (Å²) in [6, 6.07) is 6.56. The first-order chi connectivity index (χ1) is 9.11. The van der Waals surface area contributed by atoms with Crippen molar-refractivity contribution in [2.24, 2.45) is 11.7 Å². The van der Waals surface area contributed by atoms with Crippen LogP contribution in [-0.4, -0.2) is 16.1 Å². The number of hydrogen-bond donors (Lipinski definition) is 1. The molecular formula is C15H20FN3. The molecule has 0 saturated heterocycles. The van der Waals surface area contributed by atoms with Gasteiger partial charge >= 0.3 is 0 Å². The lowest BCUT2D eigenvalue weighted by Crippen LogP contribution is -2.21. The molecule has 0 aliphatic rings. The van der Waals surface area contributed by atoms with Crippen LogP contribution in [0, 0.1) is 11.7 Å². The van der Waals surface area contributed by atoms with Gasteiger partial charge in [-0.15, -0.1) is 0 Å². The summed E-state index contributed by atoms with van der Waals surface area (Å²) in [5.41, 5.74) is 8.05. The first-order valence-corrected chi connectivity index (χ1v) is 6.56. The Morgan fingerprint density at radius 3 is 2.53 bits per heavy atom. The van der Waals surface area contributed by atoms with Crippen LogP contribution in [0.1, 0.15) is 31.0 Å². The van der Waals surface area contributed by atoms with E-state index in [1.165, 1.54) is 12.1 Å². The van der Waals surface area contributed by atoms with Gasteiger partial charge in [0.2, 0.25) is 0 Å². The second-order valence-corrected chi connectivity index (χ2v) is 5.16. The quantitative estimate of drug-likeness (QED) is 0.899. The summed E-state index contributed by atoms with van der Waals surface area (Å²) < 4.78 is 15.0. The van der Waals surface area contributed by atoms with Crippen LogP contribution in [-0.2, 0) is 6.54 Å². The van der Waals surface area contributed by atoms with E-state index in [0.29, 0.717) is 24.9 Å². The van der Waals surface area contributed by atoms with E-state index in [4.69, 9.17) is 5.73 Å². The molecule has 0 spiro atoms. The van der Waals surface area contributed by atoms with Gasteiger partial charge < -0.3 is 10.3 Å². The first kappa shape index (κ1) is 13.7. The van der Waals surface area contributed by atoms with Gasteiger partial charge in [-0.2, -0.15) is 0 Å². The number of rotatable bonds is 5. The zero-order chi connectivity index (χ0) is 13.8. The predicted molar refractivity (Wildman–Crippen MR) is 74.4 cm³/mol. The lowest BCUT2D eigenvalue weighted by atomic mass is 9.93. The summed E-state index contributed by atoms with van der Waals surface area (Å²) in [7, 11) is 0. The number of benzene rings is 1. The Bertz CT molecular complexity index is 516. The smallest absolute Gasteiger partial charge is 0.123 e. The van der Waals surface area contributed by atoms with Gasteiger partial charge in [0.05, 0.1) is 6.33 Å². The minimum atomic E-state index is -0.211. The van der Waals surface area contributed by atoms with E-state index in [-0.39, 0.29) is 5.82 Å². The minimum absolute atomic E-state index is 0.211. The Morgan fingerprint density at radius 1 is 1.26 bits per heavy atom. The zero-order valence-electron chi connectivity index (χ0n) is 11.4. The van der Waals surface area contributed by atoms with Gasteiger partial charge in [0.1, 0.15) is 5.82 Å². The Kier molecular flexibility index (Phi) is 4.32. The van der Waals surface area contributed by atoms with Crippen molar-refractivity contribution >= 4 is 0 Å². The molecule has 3 nitrogen and oxygen atoms in total. The number of imidazole rings is 1. The van der Waals surface area contributed by atoms with Gasteiger partial charge in [-0.1, -0.05) is 26.0 Å². The van der Waals surface area contributed by atoms with Crippen molar-refractivity contribution in [3.63, 3.8) is 0 Å². The highest BCUT2D eigenvalue weighted by Crippen LogP contribution is 2.23. The molecule has 102 valence electrons. The zero-order valence-corrected chi connectivity index (χ0v) is 11.4. The number of nitrogens with zero attached hydrogens (tertiary/aromatic N) is 2. The highest BCUT2D eigenvalue weighted by atomic mass is 19.1. The Balaban J connectivity index is 2.22. The van der Waals surface area contributed by atoms with E-state index in [9.17, 15) is 4.39 Å². The normalized spacial score (nSPS) is 12.9. The molecule has 2 rings (SSSR count). The molecule has 0 radical (unpaired) electrons. The number of halogens is 1. The molecule has 0 bridgehead atoms. The Morgan fingerprint density at radius 2 is 1.95 bits per heavy atom. The van der Waals surface area contributed by atoms with Gasteiger partial charge in [-0.05, 0) is 23.6 Å². The molecule has 0 saturated carbocycles. The molecule has 4 heteroatoms. The molecule has 1 aromatic heterocycles. The summed E-state index contributed by atoms with van der Waals surface area (Å²) in [6.07, 6.45) is 3.69. The van der Waals surface area contributed by atoms with Crippen LogP contribution >= 0.6 is 0 Å². The van der Waals surface area contributed by atoms with Crippen molar-refractivity contribution in [2.75, 3.05) is 6.54 Å². The first-order valence-electron chi connectivity index (χ1n) is 6.56. The molecule has 1 heterocycles. The average Bonchev–Trinajstić information content (AvgIpc) is 2.81. The van der Waals surface area contributed by atoms with E-state index in [1.54, 1.807) is 12.1 Å². The van der Waals surface area contributed by atoms with E-state index < -0.39 is 0 Å². The summed E-state index contributed by atoms with van der Waals surface area (Å²) >= 11 is 0. The molecule has 19 heavy (non-hydrogen) atoms. The SMILES string of the molecule is CC(C)C(CN)c1cncn1Cc1ccc(F)cc1. The van der Waals surface area contributed by atoms with Gasteiger partial charge in [0.15, 0.2) is 0 Å². The Hall–Kier alpha value is -1.68. The maximum atomic E-state index is 12.9. The summed E-state index contributed by atoms with van der Waals surface area (Å²) in [5.74, 6) is 0.549. The van der Waals surface area contributed by atoms with Crippen molar-refractivity contribution < 1.29 is 4.39 Å². The lowest BCUT2D eigenvalue weighted by Gasteiger charge is -2.20. The maximum Gasteiger partial charge on any atom is 0.123 e. The second kappa shape index (κ2) is 5.97. The van der Waals surface area contributed by atoms with Crippen LogP contribution in [0.25, 0.3) is 0 Å². The summed E-state index contributed by atoms with van der Waals surface area (Å²) in [4.78, 5) is 4.22. The topological polar surface area (TPSA) is 43.8 Å². The number of hydrogen-bond acceptors (Lipinski definition) is 2. The molecule has 0 fully saturated rings. The predicted octanol–water partition coefficient (Wildman–Crippen LogP) is 2.77. The number of aromatic nitrogens is 2. The van der Waals surface area contributed by atoms with Crippen molar-refractivity contribution in [1.29, 1.82) is 0 Å². The van der Waals surface area contributed by atoms with E-state index in [0.717, 1.165) is 11.3 Å². The standard InChI is InChI=1S/C15H20FN3/c1-11(2)14(7-17)15-8-18-10-19(15)9-12-3-5-13(16)6-4-12/h3-6,8,10-11,14H,7,9,17H2,1-2H3. The van der Waals surface area contributed by atoms with Gasteiger partial charge in [-0.3, -0.25) is 0 Å². The highest BCUT2D eigenvalue weighted by molar-refractivity contribution is 5.18. The molecule has 1 atom stereocenters. The molecule has 1 aromatic carbocycles. The monoisotopic (exact) mass is 261 g/mol. The largest absolute Gasteiger partial charge is 0.330 e. The van der Waals surface area contributed by atoms with Crippen LogP contribution in [0.15, 0.2) is 36.8 Å². The molecule has 2 aromatic rings. The fourth-order valence-electron chi connectivity index (χ4n) is 2.29. The lowest BCUT2D eigenvalue weighted by molar-refractivity contribution is 0.478. The fraction of sp³-hybridized carbons (Fsp3) is 0.400. The van der Waals surface area contributed by atoms with E-state index in [2.05, 4.69) is 23.4 Å². The molecular weight excluding hydrogens is 241 g/mol. The maximum absolute atomic E-state index is 12.9. The molecule has 0 aliphatic carbocycles. The second-order valence-electron chi connectivity index (χ2n) is 5.16. The molecule has 1 unspecified atom stereocenters. The average molecular weight is 261 g/mol. The third-order valence-corrected chi connectivity index (χ3v) is 3.45. The van der Waals surface area contributed by atoms with Crippen molar-refractivity contribution in [1.82, 2.24) is 9.55 Å². The molecule has 0 amide bonds. The van der Waals surface area contributed by atoms with E-state index in [1.807, 2.05) is 12.5 Å². The summed E-state index contributed by atoms with van der Waals surface area (Å²) in [6.45, 7) is 5.62. The van der Waals surface area contributed by atoms with Crippen LogP contribution in [0.3, 0.4) is 0 Å². The fourth-order valence-corrected chi connectivity index (χ4v) is 2.29. The van der Waals surface area contributed by atoms with Crippen LogP contribution in [0.4, 0.5) is 4.39 Å². The Labute approximate surface area is 113 Å². The molecule has 0 aliphatic heterocycles. The van der Waals surface area contributed by atoms with Crippen molar-refractivity contribution in [3.05, 3.63) is 53.9 Å². The highest BCUT2D eigenvalue weighted by Gasteiger charge is 2.18. The van der Waals surface area contributed by atoms with Crippen molar-refractivity contribution in [3.8, 4) is 0 Å². The molecule has 2 N–H and O–H groups in total. The number of nitrogens with two attached hydrogens (primary N) is 1. The van der Waals surface area contributed by atoms with Crippen LogP contribution in [0.5, 0.6) is 0 Å². The van der Waals surface area contributed by atoms with Gasteiger partial charge in [0, 0.05) is 30.9 Å². The van der Waals surface area contributed by atoms with Crippen LogP contribution < -0.4 is 5.73 Å². The third-order valence-electron chi connectivity index (χ3n) is 3.45. The van der Waals surface area contributed by atoms with E-state index >= 15 is 0 Å². The van der Waals surface area contributed by atoms with Crippen molar-refractivity contribution in [2.45, 2.75) is 26.3 Å². The van der Waals surface area contributed by atoms with Gasteiger partial charge in [0.25, 0.3) is 0 Å². The summed E-state index contributed by atoms with van der Waals surface area (Å²) in [5, 5.41) is 0. The third kappa shape index (κ3) is 3.20. The van der Waals surface area contributed by atoms with Crippen LogP contribution in [0.2, 0.25) is 0 Å². The minimum Gasteiger partial charge on any atom is -0.330 e.